The van der Waals surface area contributed by atoms with Crippen molar-refractivity contribution < 1.29 is 4.79 Å². The summed E-state index contributed by atoms with van der Waals surface area (Å²) in [4.78, 5) is 14.5. The van der Waals surface area contributed by atoms with Crippen LogP contribution in [0.5, 0.6) is 0 Å². The minimum Gasteiger partial charge on any atom is -0.306 e. The number of benzene rings is 2. The lowest BCUT2D eigenvalue weighted by molar-refractivity contribution is -0.117. The van der Waals surface area contributed by atoms with Gasteiger partial charge in [0.15, 0.2) is 0 Å². The van der Waals surface area contributed by atoms with E-state index in [1.807, 2.05) is 4.90 Å². The molecule has 0 N–H and O–H groups in total. The Morgan fingerprint density at radius 3 is 2.25 bits per heavy atom. The predicted molar refractivity (Wildman–Crippen MR) is 101 cm³/mol. The van der Waals surface area contributed by atoms with E-state index in [1.165, 1.54) is 22.3 Å². The van der Waals surface area contributed by atoms with Crippen molar-refractivity contribution in [3.8, 4) is 0 Å². The molecule has 1 aliphatic rings. The molecule has 0 radical (unpaired) electrons. The lowest BCUT2D eigenvalue weighted by Gasteiger charge is -2.52. The molecule has 2 nitrogen and oxygen atoms in total. The van der Waals surface area contributed by atoms with E-state index in [2.05, 4.69) is 77.1 Å². The zero-order valence-electron chi connectivity index (χ0n) is 15.6. The van der Waals surface area contributed by atoms with Gasteiger partial charge in [-0.05, 0) is 50.8 Å². The van der Waals surface area contributed by atoms with E-state index in [0.717, 1.165) is 12.1 Å². The SMILES string of the molecule is CC(=O)N1c2c(C)cc(C)cc2C(C)(c2ccccc2)CC1(C)C. The smallest absolute Gasteiger partial charge is 0.224 e. The quantitative estimate of drug-likeness (QED) is 0.712. The predicted octanol–water partition coefficient (Wildman–Crippen LogP) is 5.14. The van der Waals surface area contributed by atoms with Crippen molar-refractivity contribution in [3.63, 3.8) is 0 Å². The second kappa shape index (κ2) is 5.47. The van der Waals surface area contributed by atoms with Crippen molar-refractivity contribution in [2.45, 2.75) is 58.9 Å². The number of hydrogen-bond acceptors (Lipinski definition) is 1. The fourth-order valence-electron chi connectivity index (χ4n) is 4.67. The minimum absolute atomic E-state index is 0.108. The molecule has 0 aromatic heterocycles. The molecule has 0 bridgehead atoms. The summed E-state index contributed by atoms with van der Waals surface area (Å²) in [5.41, 5.74) is 5.75. The second-order valence-electron chi connectivity index (χ2n) is 8.02. The third-order valence-corrected chi connectivity index (χ3v) is 5.38. The van der Waals surface area contributed by atoms with E-state index in [4.69, 9.17) is 0 Å². The number of carbonyl (C=O) groups excluding carboxylic acids is 1. The molecule has 0 saturated carbocycles. The van der Waals surface area contributed by atoms with Crippen LogP contribution < -0.4 is 4.90 Å². The van der Waals surface area contributed by atoms with Crippen LogP contribution in [0.3, 0.4) is 0 Å². The number of carbonyl (C=O) groups is 1. The zero-order valence-corrected chi connectivity index (χ0v) is 15.6. The molecule has 1 amide bonds. The Balaban J connectivity index is 2.36. The van der Waals surface area contributed by atoms with Gasteiger partial charge in [-0.1, -0.05) is 55.0 Å². The van der Waals surface area contributed by atoms with Gasteiger partial charge in [0.05, 0.1) is 5.69 Å². The van der Waals surface area contributed by atoms with Crippen LogP contribution in [0, 0.1) is 13.8 Å². The first-order valence-corrected chi connectivity index (χ1v) is 8.65. The van der Waals surface area contributed by atoms with Crippen LogP contribution in [0.15, 0.2) is 42.5 Å². The van der Waals surface area contributed by atoms with E-state index in [9.17, 15) is 4.79 Å². The van der Waals surface area contributed by atoms with E-state index in [-0.39, 0.29) is 16.9 Å². The van der Waals surface area contributed by atoms with Gasteiger partial charge in [0.1, 0.15) is 0 Å². The fraction of sp³-hybridized carbons (Fsp3) is 0.409. The maximum Gasteiger partial charge on any atom is 0.224 e. The van der Waals surface area contributed by atoms with E-state index in [1.54, 1.807) is 6.92 Å². The van der Waals surface area contributed by atoms with E-state index < -0.39 is 0 Å². The molecule has 0 spiro atoms. The van der Waals surface area contributed by atoms with Crippen molar-refractivity contribution in [1.82, 2.24) is 0 Å². The standard InChI is InChI=1S/C22H27NO/c1-15-12-16(2)20-19(13-15)22(6,18-10-8-7-9-11-18)14-21(4,5)23(20)17(3)24/h7-13H,14H2,1-6H3. The van der Waals surface area contributed by atoms with Gasteiger partial charge in [0.2, 0.25) is 5.91 Å². The van der Waals surface area contributed by atoms with E-state index in [0.29, 0.717) is 0 Å². The summed E-state index contributed by atoms with van der Waals surface area (Å²) in [6, 6.07) is 15.1. The number of nitrogens with zero attached hydrogens (tertiary/aromatic N) is 1. The second-order valence-corrected chi connectivity index (χ2v) is 8.02. The summed E-state index contributed by atoms with van der Waals surface area (Å²) >= 11 is 0. The first-order chi connectivity index (χ1) is 11.2. The summed E-state index contributed by atoms with van der Waals surface area (Å²) in [7, 11) is 0. The van der Waals surface area contributed by atoms with Crippen LogP contribution in [0.1, 0.15) is 56.4 Å². The van der Waals surface area contributed by atoms with Crippen LogP contribution >= 0.6 is 0 Å². The summed E-state index contributed by atoms with van der Waals surface area (Å²) in [5.74, 6) is 0.114. The number of hydrogen-bond donors (Lipinski definition) is 0. The molecule has 2 aromatic rings. The molecule has 1 unspecified atom stereocenters. The lowest BCUT2D eigenvalue weighted by Crippen LogP contribution is -2.55. The molecule has 3 rings (SSSR count). The van der Waals surface area contributed by atoms with Crippen molar-refractivity contribution in [2.24, 2.45) is 0 Å². The molecule has 1 heterocycles. The minimum atomic E-state index is -0.233. The highest BCUT2D eigenvalue weighted by Gasteiger charge is 2.47. The van der Waals surface area contributed by atoms with Gasteiger partial charge in [0, 0.05) is 17.9 Å². The van der Waals surface area contributed by atoms with Gasteiger partial charge in [-0.2, -0.15) is 0 Å². The Morgan fingerprint density at radius 1 is 1.04 bits per heavy atom. The van der Waals surface area contributed by atoms with Crippen LogP contribution in [0.2, 0.25) is 0 Å². The molecule has 24 heavy (non-hydrogen) atoms. The van der Waals surface area contributed by atoms with Crippen LogP contribution in [0.4, 0.5) is 5.69 Å². The highest BCUT2D eigenvalue weighted by Crippen LogP contribution is 2.51. The molecular formula is C22H27NO. The van der Waals surface area contributed by atoms with Gasteiger partial charge in [-0.15, -0.1) is 0 Å². The summed E-state index contributed by atoms with van der Waals surface area (Å²) < 4.78 is 0. The molecule has 1 aliphatic heterocycles. The summed E-state index contributed by atoms with van der Waals surface area (Å²) in [6.07, 6.45) is 0.902. The fourth-order valence-corrected chi connectivity index (χ4v) is 4.67. The first kappa shape index (κ1) is 16.8. The largest absolute Gasteiger partial charge is 0.306 e. The number of rotatable bonds is 1. The Morgan fingerprint density at radius 2 is 1.67 bits per heavy atom. The van der Waals surface area contributed by atoms with Gasteiger partial charge in [-0.25, -0.2) is 0 Å². The molecule has 2 aromatic carbocycles. The average Bonchev–Trinajstić information content (AvgIpc) is 2.48. The Kier molecular flexibility index (Phi) is 3.82. The monoisotopic (exact) mass is 321 g/mol. The zero-order chi connectivity index (χ0) is 17.7. The van der Waals surface area contributed by atoms with Crippen molar-refractivity contribution in [1.29, 1.82) is 0 Å². The molecule has 0 saturated heterocycles. The molecule has 0 aliphatic carbocycles. The molecule has 2 heteroatoms. The third-order valence-electron chi connectivity index (χ3n) is 5.38. The number of amides is 1. The van der Waals surface area contributed by atoms with Crippen molar-refractivity contribution in [3.05, 3.63) is 64.7 Å². The summed E-state index contributed by atoms with van der Waals surface area (Å²) in [6.45, 7) is 12.6. The lowest BCUT2D eigenvalue weighted by atomic mass is 9.64. The first-order valence-electron chi connectivity index (χ1n) is 8.65. The molecule has 0 fully saturated rings. The van der Waals surface area contributed by atoms with Crippen LogP contribution in [-0.2, 0) is 10.2 Å². The molecular weight excluding hydrogens is 294 g/mol. The number of fused-ring (bicyclic) bond motifs is 1. The highest BCUT2D eigenvalue weighted by atomic mass is 16.2. The normalized spacial score (nSPS) is 22.2. The molecule has 1 atom stereocenters. The topological polar surface area (TPSA) is 20.3 Å². The highest BCUT2D eigenvalue weighted by molar-refractivity contribution is 5.96. The van der Waals surface area contributed by atoms with E-state index >= 15 is 0 Å². The Bertz CT molecular complexity index is 791. The summed E-state index contributed by atoms with van der Waals surface area (Å²) in [5, 5.41) is 0. The van der Waals surface area contributed by atoms with Crippen LogP contribution in [-0.4, -0.2) is 11.4 Å². The Hall–Kier alpha value is -2.09. The van der Waals surface area contributed by atoms with Gasteiger partial charge < -0.3 is 4.90 Å². The van der Waals surface area contributed by atoms with Gasteiger partial charge in [-0.3, -0.25) is 4.79 Å². The van der Waals surface area contributed by atoms with Crippen molar-refractivity contribution >= 4 is 11.6 Å². The number of aryl methyl sites for hydroxylation is 2. The maximum atomic E-state index is 12.5. The third kappa shape index (κ3) is 2.45. The Labute approximate surface area is 145 Å². The number of anilines is 1. The van der Waals surface area contributed by atoms with Gasteiger partial charge in [0.25, 0.3) is 0 Å². The molecule has 126 valence electrons. The van der Waals surface area contributed by atoms with Gasteiger partial charge >= 0.3 is 0 Å². The van der Waals surface area contributed by atoms with Crippen LogP contribution in [0.25, 0.3) is 0 Å². The maximum absolute atomic E-state index is 12.5. The van der Waals surface area contributed by atoms with Crippen molar-refractivity contribution in [2.75, 3.05) is 4.90 Å². The average molecular weight is 321 g/mol.